The summed E-state index contributed by atoms with van der Waals surface area (Å²) in [5.74, 6) is 0.676. The van der Waals surface area contributed by atoms with E-state index in [0.29, 0.717) is 23.8 Å². The quantitative estimate of drug-likeness (QED) is 0.495. The highest BCUT2D eigenvalue weighted by atomic mass is 31.2. The molecule has 1 aromatic carbocycles. The van der Waals surface area contributed by atoms with Crippen molar-refractivity contribution in [2.75, 3.05) is 12.1 Å². The van der Waals surface area contributed by atoms with Gasteiger partial charge in [0.15, 0.2) is 6.35 Å². The van der Waals surface area contributed by atoms with E-state index in [4.69, 9.17) is 20.4 Å². The monoisotopic (exact) mass is 352 g/mol. The summed E-state index contributed by atoms with van der Waals surface area (Å²) in [5, 5.41) is 7.57. The van der Waals surface area contributed by atoms with E-state index in [9.17, 15) is 9.46 Å². The number of anilines is 1. The van der Waals surface area contributed by atoms with Crippen LogP contribution in [0.5, 0.6) is 5.75 Å². The molecule has 0 aliphatic heterocycles. The smallest absolute Gasteiger partial charge is 0.402 e. The van der Waals surface area contributed by atoms with E-state index in [1.54, 1.807) is 48.7 Å². The lowest BCUT2D eigenvalue weighted by molar-refractivity contribution is 0.0769. The maximum atomic E-state index is 12.0. The van der Waals surface area contributed by atoms with Crippen molar-refractivity contribution >= 4 is 19.1 Å². The molecule has 1 aromatic heterocycles. The maximum absolute atomic E-state index is 12.0. The molecule has 0 amide bonds. The van der Waals surface area contributed by atoms with E-state index in [-0.39, 0.29) is 11.8 Å². The number of benzene rings is 1. The minimum Gasteiger partial charge on any atom is -0.423 e. The summed E-state index contributed by atoms with van der Waals surface area (Å²) in [6, 6.07) is 8.40. The molecular formula is C15H21N4O4P. The van der Waals surface area contributed by atoms with Crippen LogP contribution in [0.1, 0.15) is 19.5 Å². The minimum atomic E-state index is -3.91. The fraction of sp³-hybridized carbons (Fsp3) is 0.333. The number of nitrogens with two attached hydrogens (primary N) is 1. The molecule has 2 rings (SSSR count). The summed E-state index contributed by atoms with van der Waals surface area (Å²) in [6.45, 7) is 3.70. The first-order valence-corrected chi connectivity index (χ1v) is 9.09. The fourth-order valence-corrected chi connectivity index (χ4v) is 3.00. The summed E-state index contributed by atoms with van der Waals surface area (Å²) in [5.41, 5.74) is 6.60. The number of para-hydroxylation sites is 1. The van der Waals surface area contributed by atoms with E-state index < -0.39 is 13.9 Å². The van der Waals surface area contributed by atoms with Crippen molar-refractivity contribution in [3.8, 4) is 5.75 Å². The fourth-order valence-electron chi connectivity index (χ4n) is 2.05. The van der Waals surface area contributed by atoms with E-state index in [1.165, 1.54) is 6.33 Å². The van der Waals surface area contributed by atoms with Gasteiger partial charge in [-0.1, -0.05) is 18.2 Å². The summed E-state index contributed by atoms with van der Waals surface area (Å²) < 4.78 is 24.2. The molecule has 0 saturated carbocycles. The minimum absolute atomic E-state index is 0.274. The number of imidazole rings is 1. The van der Waals surface area contributed by atoms with Crippen molar-refractivity contribution in [3.63, 3.8) is 0 Å². The predicted molar refractivity (Wildman–Crippen MR) is 91.5 cm³/mol. The summed E-state index contributed by atoms with van der Waals surface area (Å²) in [4.78, 5) is 13.9. The second-order valence-corrected chi connectivity index (χ2v) is 7.12. The molecule has 2 atom stereocenters. The number of ether oxygens (including phenoxy) is 1. The van der Waals surface area contributed by atoms with Gasteiger partial charge in [0.1, 0.15) is 17.3 Å². The molecule has 0 aliphatic rings. The first-order chi connectivity index (χ1) is 11.3. The van der Waals surface area contributed by atoms with Crippen LogP contribution in [0, 0.1) is 5.41 Å². The van der Waals surface area contributed by atoms with Crippen molar-refractivity contribution in [1.29, 1.82) is 5.41 Å². The van der Waals surface area contributed by atoms with Gasteiger partial charge in [0.2, 0.25) is 0 Å². The maximum Gasteiger partial charge on any atom is 0.402 e. The van der Waals surface area contributed by atoms with Crippen LogP contribution in [-0.4, -0.2) is 32.6 Å². The van der Waals surface area contributed by atoms with Gasteiger partial charge in [0.05, 0.1) is 24.7 Å². The first-order valence-electron chi connectivity index (χ1n) is 7.32. The molecule has 0 saturated heterocycles. The molecule has 1 heterocycles. The number of hydrogen-bond donors (Lipinski definition) is 3. The average Bonchev–Trinajstić information content (AvgIpc) is 2.87. The molecule has 8 nitrogen and oxygen atoms in total. The van der Waals surface area contributed by atoms with Crippen LogP contribution in [-0.2, 0) is 15.8 Å². The Bertz CT molecular complexity index is 747. The summed E-state index contributed by atoms with van der Waals surface area (Å²) in [6.07, 6.45) is 0.690. The van der Waals surface area contributed by atoms with Gasteiger partial charge in [-0.25, -0.2) is 9.55 Å². The Morgan fingerprint density at radius 3 is 2.71 bits per heavy atom. The third kappa shape index (κ3) is 4.92. The zero-order valence-corrected chi connectivity index (χ0v) is 14.4. The summed E-state index contributed by atoms with van der Waals surface area (Å²) >= 11 is 0. The molecule has 0 radical (unpaired) electrons. The number of rotatable bonds is 8. The van der Waals surface area contributed by atoms with Crippen LogP contribution in [0.15, 0.2) is 36.7 Å². The van der Waals surface area contributed by atoms with Crippen LogP contribution in [0.25, 0.3) is 0 Å². The Hall–Kier alpha value is -2.15. The Morgan fingerprint density at radius 1 is 1.46 bits per heavy atom. The normalized spacial score (nSPS) is 14.8. The lowest BCUT2D eigenvalue weighted by Crippen LogP contribution is -2.19. The molecule has 4 N–H and O–H groups in total. The molecule has 2 unspecified atom stereocenters. The Labute approximate surface area is 140 Å². The lowest BCUT2D eigenvalue weighted by atomic mass is 10.3. The Balaban J connectivity index is 1.89. The van der Waals surface area contributed by atoms with Crippen LogP contribution in [0.2, 0.25) is 0 Å². The Morgan fingerprint density at radius 2 is 2.12 bits per heavy atom. The topological polar surface area (TPSA) is 123 Å². The second-order valence-electron chi connectivity index (χ2n) is 5.40. The molecule has 0 aliphatic carbocycles. The summed E-state index contributed by atoms with van der Waals surface area (Å²) in [7, 11) is -3.91. The number of nitrogen functional groups attached to an aromatic ring is 1. The van der Waals surface area contributed by atoms with Crippen molar-refractivity contribution in [3.05, 3.63) is 42.4 Å². The van der Waals surface area contributed by atoms with Gasteiger partial charge in [-0.15, -0.1) is 0 Å². The van der Waals surface area contributed by atoms with Gasteiger partial charge in [0.25, 0.3) is 0 Å². The lowest BCUT2D eigenvalue weighted by Gasteiger charge is -2.18. The molecular weight excluding hydrogens is 331 g/mol. The SMILES string of the molecule is CC(=N)c1ncn(CC(C)OCP(=O)(O)Oc2ccccc2)c1N. The van der Waals surface area contributed by atoms with E-state index >= 15 is 0 Å². The van der Waals surface area contributed by atoms with Crippen molar-refractivity contribution in [1.82, 2.24) is 9.55 Å². The average molecular weight is 352 g/mol. The molecule has 130 valence electrons. The van der Waals surface area contributed by atoms with Crippen molar-refractivity contribution < 1.29 is 18.7 Å². The van der Waals surface area contributed by atoms with Gasteiger partial charge in [-0.05, 0) is 26.0 Å². The molecule has 9 heteroatoms. The standard InChI is InChI=1S/C15H21N4O4P/c1-11(8-19-9-18-14(12(2)16)15(19)17)22-10-24(20,21)23-13-6-4-3-5-7-13/h3-7,9,11,16H,8,10,17H2,1-2H3,(H,20,21). The number of nitrogens with one attached hydrogen (secondary N) is 1. The van der Waals surface area contributed by atoms with Gasteiger partial charge >= 0.3 is 7.60 Å². The number of hydrogen-bond acceptors (Lipinski definition) is 6. The predicted octanol–water partition coefficient (Wildman–Crippen LogP) is 2.48. The third-order valence-corrected chi connectivity index (χ3v) is 4.17. The van der Waals surface area contributed by atoms with Gasteiger partial charge in [-0.2, -0.15) is 0 Å². The molecule has 2 aromatic rings. The molecule has 0 spiro atoms. The Kier molecular flexibility index (Phi) is 5.77. The highest BCUT2D eigenvalue weighted by molar-refractivity contribution is 7.53. The van der Waals surface area contributed by atoms with Crippen molar-refractivity contribution in [2.24, 2.45) is 0 Å². The van der Waals surface area contributed by atoms with Crippen LogP contribution in [0.4, 0.5) is 5.82 Å². The first kappa shape index (κ1) is 18.2. The largest absolute Gasteiger partial charge is 0.423 e. The van der Waals surface area contributed by atoms with Gasteiger partial charge < -0.3 is 29.9 Å². The third-order valence-electron chi connectivity index (χ3n) is 3.20. The van der Waals surface area contributed by atoms with E-state index in [2.05, 4.69) is 4.98 Å². The number of aromatic nitrogens is 2. The molecule has 24 heavy (non-hydrogen) atoms. The van der Waals surface area contributed by atoms with Gasteiger partial charge in [0, 0.05) is 0 Å². The number of nitrogens with zero attached hydrogens (tertiary/aromatic N) is 2. The molecule has 0 bridgehead atoms. The van der Waals surface area contributed by atoms with E-state index in [0.717, 1.165) is 0 Å². The van der Waals surface area contributed by atoms with Crippen LogP contribution >= 0.6 is 7.60 Å². The highest BCUT2D eigenvalue weighted by Gasteiger charge is 2.23. The highest BCUT2D eigenvalue weighted by Crippen LogP contribution is 2.42. The van der Waals surface area contributed by atoms with Gasteiger partial charge in [-0.3, -0.25) is 0 Å². The second kappa shape index (κ2) is 7.61. The molecule has 0 fully saturated rings. The zero-order valence-electron chi connectivity index (χ0n) is 13.5. The van der Waals surface area contributed by atoms with Crippen LogP contribution in [0.3, 0.4) is 0 Å². The van der Waals surface area contributed by atoms with Crippen molar-refractivity contribution in [2.45, 2.75) is 26.5 Å². The van der Waals surface area contributed by atoms with E-state index in [1.807, 2.05) is 0 Å². The zero-order chi connectivity index (χ0) is 17.7. The van der Waals surface area contributed by atoms with Crippen LogP contribution < -0.4 is 10.3 Å².